The second kappa shape index (κ2) is 4.67. The maximum absolute atomic E-state index is 13.1. The molecule has 0 heterocycles. The lowest BCUT2D eigenvalue weighted by atomic mass is 10.1. The number of nitrogens with zero attached hydrogens (tertiary/aromatic N) is 1. The van der Waals surface area contributed by atoms with Crippen molar-refractivity contribution in [1.29, 1.82) is 0 Å². The number of benzene rings is 1. The topological polar surface area (TPSA) is 81.2 Å². The van der Waals surface area contributed by atoms with Gasteiger partial charge in [-0.1, -0.05) is 0 Å². The monoisotopic (exact) mass is 239 g/mol. The summed E-state index contributed by atoms with van der Waals surface area (Å²) >= 11 is 0. The third-order valence-corrected chi connectivity index (χ3v) is 2.94. The van der Waals surface area contributed by atoms with Crippen LogP contribution in [0.2, 0.25) is 0 Å². The zero-order valence-electron chi connectivity index (χ0n) is 9.23. The van der Waals surface area contributed by atoms with E-state index in [4.69, 9.17) is 5.73 Å². The Kier molecular flexibility index (Phi) is 3.23. The highest BCUT2D eigenvalue weighted by Gasteiger charge is 2.31. The van der Waals surface area contributed by atoms with Crippen LogP contribution in [0.4, 0.5) is 15.8 Å². The summed E-state index contributed by atoms with van der Waals surface area (Å²) in [6, 6.07) is 3.37. The van der Waals surface area contributed by atoms with Gasteiger partial charge < -0.3 is 11.1 Å². The molecule has 1 aliphatic carbocycles. The van der Waals surface area contributed by atoms with E-state index in [0.29, 0.717) is 12.5 Å². The van der Waals surface area contributed by atoms with E-state index in [1.165, 1.54) is 0 Å². The highest BCUT2D eigenvalue weighted by Crippen LogP contribution is 2.35. The molecule has 1 atom stereocenters. The van der Waals surface area contributed by atoms with E-state index in [0.717, 1.165) is 31.0 Å². The van der Waals surface area contributed by atoms with Crippen LogP contribution < -0.4 is 11.1 Å². The van der Waals surface area contributed by atoms with Crippen molar-refractivity contribution >= 4 is 11.4 Å². The number of hydrogen-bond donors (Lipinski definition) is 2. The van der Waals surface area contributed by atoms with Gasteiger partial charge in [0.15, 0.2) is 0 Å². The van der Waals surface area contributed by atoms with Crippen molar-refractivity contribution in [1.82, 2.24) is 0 Å². The minimum atomic E-state index is -0.526. The van der Waals surface area contributed by atoms with Crippen molar-refractivity contribution in [2.75, 3.05) is 11.9 Å². The van der Waals surface area contributed by atoms with Crippen LogP contribution in [0.3, 0.4) is 0 Å². The van der Waals surface area contributed by atoms with Gasteiger partial charge in [0.25, 0.3) is 5.69 Å². The summed E-state index contributed by atoms with van der Waals surface area (Å²) in [5, 5.41) is 13.8. The van der Waals surface area contributed by atoms with Crippen LogP contribution in [-0.2, 0) is 0 Å². The van der Waals surface area contributed by atoms with Crippen molar-refractivity contribution in [2.24, 2.45) is 11.7 Å². The van der Waals surface area contributed by atoms with Crippen LogP contribution in [0, 0.1) is 21.8 Å². The summed E-state index contributed by atoms with van der Waals surface area (Å²) in [4.78, 5) is 10.3. The fourth-order valence-corrected chi connectivity index (χ4v) is 1.85. The summed E-state index contributed by atoms with van der Waals surface area (Å²) in [7, 11) is 0. The van der Waals surface area contributed by atoms with Gasteiger partial charge in [-0.15, -0.1) is 0 Å². The maximum Gasteiger partial charge on any atom is 0.292 e. The van der Waals surface area contributed by atoms with Crippen molar-refractivity contribution < 1.29 is 9.31 Å². The molecule has 1 aliphatic rings. The standard InChI is InChI=1S/C11H14FN3O2/c12-8-3-4-11(15(16)17)9(5-8)14-10(6-13)7-1-2-7/h3-5,7,10,14H,1-2,6,13H2. The third-order valence-electron chi connectivity index (χ3n) is 2.94. The minimum Gasteiger partial charge on any atom is -0.375 e. The number of hydrogen-bond acceptors (Lipinski definition) is 4. The number of rotatable bonds is 5. The molecule has 1 saturated carbocycles. The molecule has 0 aliphatic heterocycles. The molecule has 17 heavy (non-hydrogen) atoms. The molecule has 0 amide bonds. The van der Waals surface area contributed by atoms with Gasteiger partial charge in [0.05, 0.1) is 4.92 Å². The molecule has 0 aromatic heterocycles. The molecule has 0 radical (unpaired) electrons. The number of nitrogens with one attached hydrogen (secondary N) is 1. The van der Waals surface area contributed by atoms with Gasteiger partial charge in [0.1, 0.15) is 11.5 Å². The molecule has 1 fully saturated rings. The Hall–Kier alpha value is -1.69. The molecule has 3 N–H and O–H groups in total. The quantitative estimate of drug-likeness (QED) is 0.607. The van der Waals surface area contributed by atoms with Crippen LogP contribution in [0.15, 0.2) is 18.2 Å². The van der Waals surface area contributed by atoms with E-state index in [1.807, 2.05) is 0 Å². The highest BCUT2D eigenvalue weighted by atomic mass is 19.1. The van der Waals surface area contributed by atoms with Crippen molar-refractivity contribution in [3.8, 4) is 0 Å². The van der Waals surface area contributed by atoms with Gasteiger partial charge in [-0.05, 0) is 24.8 Å². The molecule has 5 nitrogen and oxygen atoms in total. The Labute approximate surface area is 98.0 Å². The highest BCUT2D eigenvalue weighted by molar-refractivity contribution is 5.62. The molecule has 1 unspecified atom stereocenters. The van der Waals surface area contributed by atoms with E-state index in [-0.39, 0.29) is 17.4 Å². The number of nitrogens with two attached hydrogens (primary N) is 1. The Morgan fingerprint density at radius 3 is 2.82 bits per heavy atom. The first-order valence-corrected chi connectivity index (χ1v) is 5.52. The first-order chi connectivity index (χ1) is 8.11. The smallest absolute Gasteiger partial charge is 0.292 e. The molecule has 0 spiro atoms. The van der Waals surface area contributed by atoms with E-state index in [9.17, 15) is 14.5 Å². The molecule has 0 saturated heterocycles. The van der Waals surface area contributed by atoms with Gasteiger partial charge in [-0.25, -0.2) is 4.39 Å². The second-order valence-electron chi connectivity index (χ2n) is 4.24. The number of nitro benzene ring substituents is 1. The Balaban J connectivity index is 2.22. The molecular formula is C11H14FN3O2. The van der Waals surface area contributed by atoms with E-state index in [1.54, 1.807) is 0 Å². The van der Waals surface area contributed by atoms with Crippen LogP contribution >= 0.6 is 0 Å². The van der Waals surface area contributed by atoms with Gasteiger partial charge in [0, 0.05) is 24.7 Å². The Bertz CT molecular complexity index is 435. The molecule has 2 rings (SSSR count). The predicted octanol–water partition coefficient (Wildman–Crippen LogP) is 1.88. The van der Waals surface area contributed by atoms with E-state index >= 15 is 0 Å². The zero-order chi connectivity index (χ0) is 12.4. The fraction of sp³-hybridized carbons (Fsp3) is 0.455. The molecule has 0 bridgehead atoms. The van der Waals surface area contributed by atoms with Crippen LogP contribution in [0.5, 0.6) is 0 Å². The number of halogens is 1. The van der Waals surface area contributed by atoms with E-state index < -0.39 is 10.7 Å². The van der Waals surface area contributed by atoms with Gasteiger partial charge in [-0.3, -0.25) is 10.1 Å². The lowest BCUT2D eigenvalue weighted by Crippen LogP contribution is -2.31. The Morgan fingerprint density at radius 1 is 1.59 bits per heavy atom. The number of nitro groups is 1. The lowest BCUT2D eigenvalue weighted by molar-refractivity contribution is -0.384. The summed E-state index contributed by atoms with van der Waals surface area (Å²) in [5.41, 5.74) is 5.69. The summed E-state index contributed by atoms with van der Waals surface area (Å²) in [5.74, 6) is -0.0486. The molecule has 1 aromatic carbocycles. The first-order valence-electron chi connectivity index (χ1n) is 5.52. The summed E-state index contributed by atoms with van der Waals surface area (Å²) in [6.45, 7) is 0.387. The predicted molar refractivity (Wildman–Crippen MR) is 62.2 cm³/mol. The largest absolute Gasteiger partial charge is 0.375 e. The average molecular weight is 239 g/mol. The van der Waals surface area contributed by atoms with Crippen molar-refractivity contribution in [3.63, 3.8) is 0 Å². The molecule has 92 valence electrons. The van der Waals surface area contributed by atoms with Crippen LogP contribution in [0.25, 0.3) is 0 Å². The van der Waals surface area contributed by atoms with Gasteiger partial charge in [0.2, 0.25) is 0 Å². The fourth-order valence-electron chi connectivity index (χ4n) is 1.85. The van der Waals surface area contributed by atoms with Gasteiger partial charge in [-0.2, -0.15) is 0 Å². The average Bonchev–Trinajstić information content (AvgIpc) is 3.09. The van der Waals surface area contributed by atoms with Crippen molar-refractivity contribution in [3.05, 3.63) is 34.1 Å². The molecule has 6 heteroatoms. The van der Waals surface area contributed by atoms with Crippen LogP contribution in [0.1, 0.15) is 12.8 Å². The molecule has 1 aromatic rings. The Morgan fingerprint density at radius 2 is 2.29 bits per heavy atom. The zero-order valence-corrected chi connectivity index (χ0v) is 9.23. The molecular weight excluding hydrogens is 225 g/mol. The third kappa shape index (κ3) is 2.71. The second-order valence-corrected chi connectivity index (χ2v) is 4.24. The normalized spacial score (nSPS) is 16.6. The first kappa shape index (κ1) is 11.8. The number of anilines is 1. The SMILES string of the molecule is NCC(Nc1cc(F)ccc1[N+](=O)[O-])C1CC1. The minimum absolute atomic E-state index is 0.0181. The summed E-state index contributed by atoms with van der Waals surface area (Å²) < 4.78 is 13.1. The van der Waals surface area contributed by atoms with Gasteiger partial charge >= 0.3 is 0 Å². The lowest BCUT2D eigenvalue weighted by Gasteiger charge is -2.17. The van der Waals surface area contributed by atoms with Crippen molar-refractivity contribution in [2.45, 2.75) is 18.9 Å². The van der Waals surface area contributed by atoms with Crippen LogP contribution in [-0.4, -0.2) is 17.5 Å². The summed E-state index contributed by atoms with van der Waals surface area (Å²) in [6.07, 6.45) is 2.13. The van der Waals surface area contributed by atoms with E-state index in [2.05, 4.69) is 5.32 Å². The maximum atomic E-state index is 13.1.